The molecule has 1 heterocycles. The van der Waals surface area contributed by atoms with Gasteiger partial charge < -0.3 is 14.6 Å². The monoisotopic (exact) mass is 293 g/mol. The predicted octanol–water partition coefficient (Wildman–Crippen LogP) is 1.89. The van der Waals surface area contributed by atoms with Gasteiger partial charge in [0.25, 0.3) is 5.91 Å². The zero-order valence-electron chi connectivity index (χ0n) is 11.6. The van der Waals surface area contributed by atoms with Gasteiger partial charge in [0.1, 0.15) is 12.3 Å². The highest BCUT2D eigenvalue weighted by Gasteiger charge is 2.13. The minimum absolute atomic E-state index is 0.0705. The van der Waals surface area contributed by atoms with E-state index in [0.717, 1.165) is 16.4 Å². The third-order valence-electron chi connectivity index (χ3n) is 2.88. The van der Waals surface area contributed by atoms with Crippen LogP contribution in [-0.2, 0) is 11.3 Å². The SMILES string of the molecule is Cc1ccc(C[NH+](C)CC(=O)Nc2ccccc2Cl)o1. The summed E-state index contributed by atoms with van der Waals surface area (Å²) in [5.41, 5.74) is 0.640. The second kappa shape index (κ2) is 6.59. The van der Waals surface area contributed by atoms with Gasteiger partial charge in [0.15, 0.2) is 12.3 Å². The Morgan fingerprint density at radius 1 is 1.30 bits per heavy atom. The number of rotatable bonds is 5. The molecule has 1 aromatic carbocycles. The highest BCUT2D eigenvalue weighted by molar-refractivity contribution is 6.33. The van der Waals surface area contributed by atoms with Crippen LogP contribution in [0.4, 0.5) is 5.69 Å². The first-order valence-corrected chi connectivity index (χ1v) is 6.83. The van der Waals surface area contributed by atoms with Crippen molar-refractivity contribution in [2.24, 2.45) is 0 Å². The number of anilines is 1. The summed E-state index contributed by atoms with van der Waals surface area (Å²) >= 11 is 6.00. The van der Waals surface area contributed by atoms with E-state index in [1.165, 1.54) is 0 Å². The van der Waals surface area contributed by atoms with E-state index in [0.29, 0.717) is 23.8 Å². The summed E-state index contributed by atoms with van der Waals surface area (Å²) in [5, 5.41) is 3.35. The molecule has 2 N–H and O–H groups in total. The number of aryl methyl sites for hydroxylation is 1. The van der Waals surface area contributed by atoms with Gasteiger partial charge >= 0.3 is 0 Å². The number of nitrogens with one attached hydrogen (secondary N) is 2. The van der Waals surface area contributed by atoms with Gasteiger partial charge in [0.05, 0.1) is 17.8 Å². The number of quaternary nitrogens is 1. The van der Waals surface area contributed by atoms with Crippen LogP contribution in [0.5, 0.6) is 0 Å². The van der Waals surface area contributed by atoms with Gasteiger partial charge in [-0.05, 0) is 31.2 Å². The molecule has 1 aromatic heterocycles. The van der Waals surface area contributed by atoms with Crippen LogP contribution < -0.4 is 10.2 Å². The second-order valence-electron chi connectivity index (χ2n) is 4.85. The molecular weight excluding hydrogens is 276 g/mol. The molecule has 106 valence electrons. The van der Waals surface area contributed by atoms with Crippen molar-refractivity contribution in [2.45, 2.75) is 13.5 Å². The van der Waals surface area contributed by atoms with Crippen molar-refractivity contribution in [1.29, 1.82) is 0 Å². The van der Waals surface area contributed by atoms with E-state index in [9.17, 15) is 4.79 Å². The third kappa shape index (κ3) is 4.11. The van der Waals surface area contributed by atoms with Crippen molar-refractivity contribution < 1.29 is 14.1 Å². The maximum Gasteiger partial charge on any atom is 0.279 e. The maximum atomic E-state index is 11.9. The Kier molecular flexibility index (Phi) is 4.82. The number of halogens is 1. The van der Waals surface area contributed by atoms with Crippen molar-refractivity contribution >= 4 is 23.2 Å². The Bertz CT molecular complexity index is 595. The van der Waals surface area contributed by atoms with Crippen LogP contribution in [0.15, 0.2) is 40.8 Å². The number of hydrogen-bond acceptors (Lipinski definition) is 2. The Hall–Kier alpha value is -1.78. The quantitative estimate of drug-likeness (QED) is 0.884. The molecule has 2 aromatic rings. The lowest BCUT2D eigenvalue weighted by Gasteiger charge is -2.13. The topological polar surface area (TPSA) is 46.7 Å². The number of furan rings is 1. The minimum atomic E-state index is -0.0705. The van der Waals surface area contributed by atoms with Crippen LogP contribution in [0.3, 0.4) is 0 Å². The normalized spacial score (nSPS) is 12.2. The molecule has 1 atom stereocenters. The fourth-order valence-corrected chi connectivity index (χ4v) is 2.15. The Balaban J connectivity index is 1.86. The summed E-state index contributed by atoms with van der Waals surface area (Å²) < 4.78 is 5.50. The molecule has 20 heavy (non-hydrogen) atoms. The van der Waals surface area contributed by atoms with E-state index in [2.05, 4.69) is 5.32 Å². The summed E-state index contributed by atoms with van der Waals surface area (Å²) in [6.07, 6.45) is 0. The summed E-state index contributed by atoms with van der Waals surface area (Å²) in [6.45, 7) is 2.93. The van der Waals surface area contributed by atoms with E-state index in [4.69, 9.17) is 16.0 Å². The first-order chi connectivity index (χ1) is 9.54. The molecule has 2 rings (SSSR count). The van der Waals surface area contributed by atoms with Crippen molar-refractivity contribution in [1.82, 2.24) is 0 Å². The van der Waals surface area contributed by atoms with Crippen LogP contribution in [0.25, 0.3) is 0 Å². The minimum Gasteiger partial charge on any atom is -0.460 e. The lowest BCUT2D eigenvalue weighted by Crippen LogP contribution is -3.08. The van der Waals surface area contributed by atoms with E-state index in [-0.39, 0.29) is 5.91 Å². The van der Waals surface area contributed by atoms with Crippen LogP contribution >= 0.6 is 11.6 Å². The first-order valence-electron chi connectivity index (χ1n) is 6.45. The average Bonchev–Trinajstić information content (AvgIpc) is 2.77. The van der Waals surface area contributed by atoms with E-state index in [1.54, 1.807) is 12.1 Å². The Morgan fingerprint density at radius 2 is 2.05 bits per heavy atom. The molecule has 0 aliphatic carbocycles. The van der Waals surface area contributed by atoms with Crippen LogP contribution in [-0.4, -0.2) is 19.5 Å². The zero-order chi connectivity index (χ0) is 14.5. The fraction of sp³-hybridized carbons (Fsp3) is 0.267. The number of likely N-dealkylation sites (N-methyl/N-ethyl adjacent to an activating group) is 1. The third-order valence-corrected chi connectivity index (χ3v) is 3.21. The van der Waals surface area contributed by atoms with Crippen LogP contribution in [0, 0.1) is 6.92 Å². The van der Waals surface area contributed by atoms with Gasteiger partial charge in [0, 0.05) is 0 Å². The number of benzene rings is 1. The van der Waals surface area contributed by atoms with Gasteiger partial charge in [-0.25, -0.2) is 0 Å². The molecule has 4 nitrogen and oxygen atoms in total. The molecule has 0 spiro atoms. The first kappa shape index (κ1) is 14.6. The number of para-hydroxylation sites is 1. The number of carbonyl (C=O) groups is 1. The molecular formula is C15H18ClN2O2+. The molecule has 0 bridgehead atoms. The number of carbonyl (C=O) groups excluding carboxylic acids is 1. The van der Waals surface area contributed by atoms with Gasteiger partial charge in [-0.1, -0.05) is 23.7 Å². The van der Waals surface area contributed by atoms with Crippen molar-refractivity contribution in [2.75, 3.05) is 18.9 Å². The molecule has 0 aliphatic rings. The zero-order valence-corrected chi connectivity index (χ0v) is 12.3. The number of hydrogen-bond donors (Lipinski definition) is 2. The molecule has 0 saturated carbocycles. The van der Waals surface area contributed by atoms with E-state index < -0.39 is 0 Å². The largest absolute Gasteiger partial charge is 0.460 e. The van der Waals surface area contributed by atoms with Gasteiger partial charge in [-0.2, -0.15) is 0 Å². The average molecular weight is 294 g/mol. The maximum absolute atomic E-state index is 11.9. The molecule has 1 unspecified atom stereocenters. The number of amides is 1. The van der Waals surface area contributed by atoms with Crippen molar-refractivity contribution in [3.8, 4) is 0 Å². The lowest BCUT2D eigenvalue weighted by atomic mass is 10.3. The van der Waals surface area contributed by atoms with Crippen molar-refractivity contribution in [3.63, 3.8) is 0 Å². The second-order valence-corrected chi connectivity index (χ2v) is 5.26. The molecule has 1 amide bonds. The Morgan fingerprint density at radius 3 is 2.70 bits per heavy atom. The van der Waals surface area contributed by atoms with E-state index in [1.807, 2.05) is 38.2 Å². The molecule has 0 aliphatic heterocycles. The molecule has 0 radical (unpaired) electrons. The summed E-state index contributed by atoms with van der Waals surface area (Å²) in [6, 6.07) is 11.1. The summed E-state index contributed by atoms with van der Waals surface area (Å²) in [4.78, 5) is 13.0. The highest BCUT2D eigenvalue weighted by atomic mass is 35.5. The summed E-state index contributed by atoms with van der Waals surface area (Å²) in [5.74, 6) is 1.69. The van der Waals surface area contributed by atoms with E-state index >= 15 is 0 Å². The highest BCUT2D eigenvalue weighted by Crippen LogP contribution is 2.19. The van der Waals surface area contributed by atoms with Gasteiger partial charge in [-0.3, -0.25) is 4.79 Å². The van der Waals surface area contributed by atoms with Crippen LogP contribution in [0.2, 0.25) is 5.02 Å². The molecule has 0 fully saturated rings. The van der Waals surface area contributed by atoms with Gasteiger partial charge in [-0.15, -0.1) is 0 Å². The summed E-state index contributed by atoms with van der Waals surface area (Å²) in [7, 11) is 1.95. The fourth-order valence-electron chi connectivity index (χ4n) is 1.97. The lowest BCUT2D eigenvalue weighted by molar-refractivity contribution is -0.886. The Labute approximate surface area is 123 Å². The molecule has 0 saturated heterocycles. The van der Waals surface area contributed by atoms with Crippen molar-refractivity contribution in [3.05, 3.63) is 52.9 Å². The van der Waals surface area contributed by atoms with Crippen LogP contribution in [0.1, 0.15) is 11.5 Å². The smallest absolute Gasteiger partial charge is 0.279 e. The standard InChI is InChI=1S/C15H17ClN2O2/c1-11-7-8-12(20-11)9-18(2)10-15(19)17-14-6-4-3-5-13(14)16/h3-8H,9-10H2,1-2H3,(H,17,19)/p+1. The molecule has 5 heteroatoms. The predicted molar refractivity (Wildman–Crippen MR) is 79.0 cm³/mol. The van der Waals surface area contributed by atoms with Gasteiger partial charge in [0.2, 0.25) is 0 Å².